The topological polar surface area (TPSA) is 99.2 Å². The minimum atomic E-state index is -4.68. The zero-order valence-corrected chi connectivity index (χ0v) is 17.8. The molecule has 1 fully saturated rings. The number of carbonyl (C=O) groups excluding carboxylic acids is 2. The number of alkyl halides is 3. The molecule has 0 spiro atoms. The van der Waals surface area contributed by atoms with E-state index in [-0.39, 0.29) is 35.9 Å². The molecule has 0 radical (unpaired) electrons. The van der Waals surface area contributed by atoms with E-state index in [9.17, 15) is 22.8 Å². The van der Waals surface area contributed by atoms with Crippen LogP contribution in [0.2, 0.25) is 0 Å². The van der Waals surface area contributed by atoms with Gasteiger partial charge in [-0.25, -0.2) is 4.98 Å². The van der Waals surface area contributed by atoms with E-state index >= 15 is 0 Å². The summed E-state index contributed by atoms with van der Waals surface area (Å²) in [5.74, 6) is -0.746. The van der Waals surface area contributed by atoms with E-state index in [0.717, 1.165) is 19.0 Å². The molecule has 0 saturated carbocycles. The molecule has 2 amide bonds. The standard InChI is InChI=1S/C21H25F3N6O2/c1-3-18(32)27-16-8-4-5-9-17(16)28-19-15(21(22,23)24)11-25-20(29-19)26-14-7-6-10-30(12-14)13(2)31/h4-5,8-9,11,14H,3,6-7,10,12H2,1-2H3,(H,27,32)(H2,25,26,28,29). The maximum Gasteiger partial charge on any atom is 0.421 e. The zero-order valence-electron chi connectivity index (χ0n) is 17.8. The average molecular weight is 450 g/mol. The highest BCUT2D eigenvalue weighted by molar-refractivity contribution is 5.94. The molecule has 3 N–H and O–H groups in total. The van der Waals surface area contributed by atoms with E-state index in [1.165, 1.54) is 6.92 Å². The van der Waals surface area contributed by atoms with Gasteiger partial charge in [0.1, 0.15) is 11.4 Å². The van der Waals surface area contributed by atoms with Crippen LogP contribution in [0.25, 0.3) is 0 Å². The highest BCUT2D eigenvalue weighted by atomic mass is 19.4. The van der Waals surface area contributed by atoms with Gasteiger partial charge in [0.15, 0.2) is 0 Å². The lowest BCUT2D eigenvalue weighted by molar-refractivity contribution is -0.137. The lowest BCUT2D eigenvalue weighted by atomic mass is 10.1. The lowest BCUT2D eigenvalue weighted by Gasteiger charge is -2.32. The third-order valence-corrected chi connectivity index (χ3v) is 5.07. The molecule has 1 saturated heterocycles. The number of piperidine rings is 1. The van der Waals surface area contributed by atoms with Crippen LogP contribution in [0.3, 0.4) is 0 Å². The van der Waals surface area contributed by atoms with Crippen molar-refractivity contribution >= 4 is 35.0 Å². The van der Waals surface area contributed by atoms with Gasteiger partial charge < -0.3 is 20.9 Å². The molecular formula is C21H25F3N6O2. The minimum Gasteiger partial charge on any atom is -0.350 e. The van der Waals surface area contributed by atoms with Gasteiger partial charge >= 0.3 is 6.18 Å². The molecule has 1 aliphatic rings. The van der Waals surface area contributed by atoms with Gasteiger partial charge in [-0.2, -0.15) is 18.2 Å². The predicted molar refractivity (Wildman–Crippen MR) is 115 cm³/mol. The number of likely N-dealkylation sites (tertiary alicyclic amines) is 1. The molecule has 1 aliphatic heterocycles. The Hall–Kier alpha value is -3.37. The van der Waals surface area contributed by atoms with Crippen molar-refractivity contribution in [3.05, 3.63) is 36.0 Å². The Balaban J connectivity index is 1.88. The number of para-hydroxylation sites is 2. The van der Waals surface area contributed by atoms with Crippen molar-refractivity contribution in [1.82, 2.24) is 14.9 Å². The van der Waals surface area contributed by atoms with E-state index in [1.54, 1.807) is 36.1 Å². The van der Waals surface area contributed by atoms with Crippen LogP contribution in [0, 0.1) is 0 Å². The van der Waals surface area contributed by atoms with E-state index in [0.29, 0.717) is 18.8 Å². The van der Waals surface area contributed by atoms with Gasteiger partial charge in [0.2, 0.25) is 17.8 Å². The summed E-state index contributed by atoms with van der Waals surface area (Å²) in [7, 11) is 0. The van der Waals surface area contributed by atoms with Crippen molar-refractivity contribution in [1.29, 1.82) is 0 Å². The summed E-state index contributed by atoms with van der Waals surface area (Å²) >= 11 is 0. The monoisotopic (exact) mass is 450 g/mol. The van der Waals surface area contributed by atoms with Crippen molar-refractivity contribution in [2.75, 3.05) is 29.0 Å². The Kier molecular flexibility index (Phi) is 7.16. The number of halogens is 3. The smallest absolute Gasteiger partial charge is 0.350 e. The number of anilines is 4. The number of carbonyl (C=O) groups is 2. The maximum atomic E-state index is 13.6. The second-order valence-corrected chi connectivity index (χ2v) is 7.47. The summed E-state index contributed by atoms with van der Waals surface area (Å²) in [6.07, 6.45) is -2.23. The summed E-state index contributed by atoms with van der Waals surface area (Å²) in [5.41, 5.74) is -0.427. The van der Waals surface area contributed by atoms with Crippen molar-refractivity contribution in [2.45, 2.75) is 45.3 Å². The van der Waals surface area contributed by atoms with Crippen molar-refractivity contribution in [2.24, 2.45) is 0 Å². The summed E-state index contributed by atoms with van der Waals surface area (Å²) in [5, 5.41) is 8.38. The van der Waals surface area contributed by atoms with Crippen molar-refractivity contribution in [3.63, 3.8) is 0 Å². The molecule has 172 valence electrons. The lowest BCUT2D eigenvalue weighted by Crippen LogP contribution is -2.44. The van der Waals surface area contributed by atoms with Crippen LogP contribution >= 0.6 is 0 Å². The molecule has 2 aromatic rings. The molecule has 11 heteroatoms. The first-order chi connectivity index (χ1) is 15.2. The van der Waals surface area contributed by atoms with Crippen LogP contribution in [0.1, 0.15) is 38.7 Å². The van der Waals surface area contributed by atoms with E-state index in [2.05, 4.69) is 25.9 Å². The molecule has 32 heavy (non-hydrogen) atoms. The first-order valence-electron chi connectivity index (χ1n) is 10.3. The molecule has 1 unspecified atom stereocenters. The van der Waals surface area contributed by atoms with E-state index in [1.807, 2.05) is 0 Å². The number of nitrogens with zero attached hydrogens (tertiary/aromatic N) is 3. The third-order valence-electron chi connectivity index (χ3n) is 5.07. The highest BCUT2D eigenvalue weighted by Gasteiger charge is 2.36. The Morgan fingerprint density at radius 2 is 1.94 bits per heavy atom. The quantitative estimate of drug-likeness (QED) is 0.615. The van der Waals surface area contributed by atoms with Crippen molar-refractivity contribution < 1.29 is 22.8 Å². The normalized spacial score (nSPS) is 16.4. The summed E-state index contributed by atoms with van der Waals surface area (Å²) in [6, 6.07) is 6.26. The molecule has 1 atom stereocenters. The molecule has 2 heterocycles. The molecule has 1 aromatic heterocycles. The van der Waals surface area contributed by atoms with Gasteiger partial charge in [-0.15, -0.1) is 0 Å². The van der Waals surface area contributed by atoms with E-state index in [4.69, 9.17) is 0 Å². The molecule has 0 bridgehead atoms. The number of rotatable bonds is 6. The van der Waals surface area contributed by atoms with Crippen LogP contribution in [-0.2, 0) is 15.8 Å². The first-order valence-corrected chi connectivity index (χ1v) is 10.3. The Morgan fingerprint density at radius 1 is 1.22 bits per heavy atom. The molecule has 1 aromatic carbocycles. The highest BCUT2D eigenvalue weighted by Crippen LogP contribution is 2.36. The SMILES string of the molecule is CCC(=O)Nc1ccccc1Nc1nc(NC2CCCN(C(C)=O)C2)ncc1C(F)(F)F. The summed E-state index contributed by atoms with van der Waals surface area (Å²) < 4.78 is 40.8. The van der Waals surface area contributed by atoms with Gasteiger partial charge in [0, 0.05) is 38.7 Å². The van der Waals surface area contributed by atoms with Crippen LogP contribution in [-0.4, -0.2) is 45.8 Å². The van der Waals surface area contributed by atoms with Gasteiger partial charge in [-0.3, -0.25) is 9.59 Å². The van der Waals surface area contributed by atoms with Gasteiger partial charge in [-0.05, 0) is 25.0 Å². The molecule has 3 rings (SSSR count). The zero-order chi connectivity index (χ0) is 23.3. The predicted octanol–water partition coefficient (Wildman–Crippen LogP) is 4.01. The fourth-order valence-electron chi connectivity index (χ4n) is 3.38. The Labute approximate surface area is 183 Å². The number of benzene rings is 1. The fourth-order valence-corrected chi connectivity index (χ4v) is 3.38. The minimum absolute atomic E-state index is 0.0194. The Bertz CT molecular complexity index is 982. The van der Waals surface area contributed by atoms with Crippen LogP contribution in [0.15, 0.2) is 30.5 Å². The summed E-state index contributed by atoms with van der Waals surface area (Å²) in [4.78, 5) is 33.0. The van der Waals surface area contributed by atoms with E-state index < -0.39 is 17.6 Å². The van der Waals surface area contributed by atoms with Gasteiger partial charge in [0.05, 0.1) is 11.4 Å². The summed E-state index contributed by atoms with van der Waals surface area (Å²) in [6.45, 7) is 4.23. The number of hydrogen-bond donors (Lipinski definition) is 3. The van der Waals surface area contributed by atoms with Crippen LogP contribution < -0.4 is 16.0 Å². The largest absolute Gasteiger partial charge is 0.421 e. The number of hydrogen-bond acceptors (Lipinski definition) is 6. The van der Waals surface area contributed by atoms with Crippen LogP contribution in [0.4, 0.5) is 36.3 Å². The maximum absolute atomic E-state index is 13.6. The average Bonchev–Trinajstić information content (AvgIpc) is 2.74. The first kappa shape index (κ1) is 23.3. The van der Waals surface area contributed by atoms with Gasteiger partial charge in [0.25, 0.3) is 0 Å². The fraction of sp³-hybridized carbons (Fsp3) is 0.429. The molecule has 8 nitrogen and oxygen atoms in total. The number of aromatic nitrogens is 2. The number of nitrogens with one attached hydrogen (secondary N) is 3. The second-order valence-electron chi connectivity index (χ2n) is 7.47. The Morgan fingerprint density at radius 3 is 2.59 bits per heavy atom. The third kappa shape index (κ3) is 5.86. The van der Waals surface area contributed by atoms with Crippen LogP contribution in [0.5, 0.6) is 0 Å². The van der Waals surface area contributed by atoms with Crippen molar-refractivity contribution in [3.8, 4) is 0 Å². The second kappa shape index (κ2) is 9.84. The molecular weight excluding hydrogens is 425 g/mol. The number of amides is 2. The molecule has 0 aliphatic carbocycles. The van der Waals surface area contributed by atoms with Gasteiger partial charge in [-0.1, -0.05) is 19.1 Å².